The average molecular weight is 388 g/mol. The molecule has 9 heteroatoms. The van der Waals surface area contributed by atoms with Crippen molar-refractivity contribution >= 4 is 5.91 Å². The van der Waals surface area contributed by atoms with Gasteiger partial charge in [-0.05, 0) is 31.2 Å². The molecule has 0 saturated heterocycles. The molecule has 3 aromatic rings. The van der Waals surface area contributed by atoms with Crippen LogP contribution in [0.5, 0.6) is 11.6 Å². The molecule has 144 valence electrons. The van der Waals surface area contributed by atoms with Gasteiger partial charge in [0, 0.05) is 24.5 Å². The molecular weight excluding hydrogens is 373 g/mol. The van der Waals surface area contributed by atoms with Gasteiger partial charge in [0.15, 0.2) is 5.69 Å². The molecule has 0 saturated carbocycles. The summed E-state index contributed by atoms with van der Waals surface area (Å²) >= 11 is 0. The summed E-state index contributed by atoms with van der Waals surface area (Å²) < 4.78 is 44.6. The van der Waals surface area contributed by atoms with Crippen molar-refractivity contribution in [1.82, 2.24) is 20.3 Å². The maximum Gasteiger partial charge on any atom is 0.416 e. The van der Waals surface area contributed by atoms with Gasteiger partial charge in [-0.1, -0.05) is 12.1 Å². The summed E-state index contributed by atoms with van der Waals surface area (Å²) in [4.78, 5) is 24.4. The summed E-state index contributed by atoms with van der Waals surface area (Å²) in [5.41, 5.74) is -0.543. The van der Waals surface area contributed by atoms with Gasteiger partial charge in [-0.25, -0.2) is 9.97 Å². The van der Waals surface area contributed by atoms with E-state index in [2.05, 4.69) is 20.3 Å². The largest absolute Gasteiger partial charge is 0.437 e. The predicted octanol–water partition coefficient (Wildman–Crippen LogP) is 4.10. The fourth-order valence-corrected chi connectivity index (χ4v) is 2.36. The highest BCUT2D eigenvalue weighted by Gasteiger charge is 2.30. The third kappa shape index (κ3) is 4.43. The lowest BCUT2D eigenvalue weighted by atomic mass is 10.1. The van der Waals surface area contributed by atoms with E-state index in [4.69, 9.17) is 4.74 Å². The zero-order valence-electron chi connectivity index (χ0n) is 14.7. The second-order valence-electron chi connectivity index (χ2n) is 5.63. The highest BCUT2D eigenvalue weighted by Crippen LogP contribution is 2.32. The van der Waals surface area contributed by atoms with Crippen LogP contribution in [0.2, 0.25) is 0 Å². The van der Waals surface area contributed by atoms with Crippen LogP contribution in [-0.2, 0) is 6.18 Å². The minimum Gasteiger partial charge on any atom is -0.437 e. The van der Waals surface area contributed by atoms with Crippen molar-refractivity contribution in [3.05, 3.63) is 66.2 Å². The van der Waals surface area contributed by atoms with Gasteiger partial charge in [-0.2, -0.15) is 13.2 Å². The fraction of sp³-hybridized carbons (Fsp3) is 0.158. The molecule has 3 rings (SSSR count). The number of nitrogens with one attached hydrogen (secondary N) is 1. The molecule has 1 N–H and O–H groups in total. The first-order chi connectivity index (χ1) is 13.4. The van der Waals surface area contributed by atoms with E-state index < -0.39 is 17.6 Å². The number of hydrogen-bond acceptors (Lipinski definition) is 5. The van der Waals surface area contributed by atoms with Crippen LogP contribution in [0.3, 0.4) is 0 Å². The van der Waals surface area contributed by atoms with Gasteiger partial charge in [0.25, 0.3) is 11.8 Å². The summed E-state index contributed by atoms with van der Waals surface area (Å²) in [5.74, 6) is -0.266. The summed E-state index contributed by atoms with van der Waals surface area (Å²) in [6.45, 7) is 2.11. The molecule has 0 spiro atoms. The Balaban J connectivity index is 2.04. The topological polar surface area (TPSA) is 77.0 Å². The van der Waals surface area contributed by atoms with Gasteiger partial charge in [-0.3, -0.25) is 9.78 Å². The molecule has 0 atom stereocenters. The number of carbonyl (C=O) groups excluding carboxylic acids is 1. The number of amides is 1. The van der Waals surface area contributed by atoms with Gasteiger partial charge in [0.1, 0.15) is 5.75 Å². The quantitative estimate of drug-likeness (QED) is 0.712. The van der Waals surface area contributed by atoms with E-state index in [-0.39, 0.29) is 22.8 Å². The molecule has 28 heavy (non-hydrogen) atoms. The summed E-state index contributed by atoms with van der Waals surface area (Å²) in [5, 5.41) is 2.59. The summed E-state index contributed by atoms with van der Waals surface area (Å²) in [6, 6.07) is 7.79. The number of halogens is 3. The molecule has 0 aliphatic rings. The first kappa shape index (κ1) is 19.3. The summed E-state index contributed by atoms with van der Waals surface area (Å²) in [6.07, 6.45) is -0.267. The number of benzene rings is 1. The first-order valence-electron chi connectivity index (χ1n) is 8.29. The fourth-order valence-electron chi connectivity index (χ4n) is 2.36. The average Bonchev–Trinajstić information content (AvgIpc) is 2.68. The monoisotopic (exact) mass is 388 g/mol. The maximum absolute atomic E-state index is 13.0. The van der Waals surface area contributed by atoms with Gasteiger partial charge in [-0.15, -0.1) is 0 Å². The Morgan fingerprint density at radius 1 is 1.18 bits per heavy atom. The highest BCUT2D eigenvalue weighted by molar-refractivity contribution is 5.94. The molecule has 0 radical (unpaired) electrons. The Kier molecular flexibility index (Phi) is 5.53. The van der Waals surface area contributed by atoms with Crippen LogP contribution < -0.4 is 10.1 Å². The van der Waals surface area contributed by atoms with Crippen LogP contribution in [0.25, 0.3) is 11.3 Å². The number of ether oxygens (including phenoxy) is 1. The zero-order valence-corrected chi connectivity index (χ0v) is 14.7. The molecule has 0 aliphatic heterocycles. The van der Waals surface area contributed by atoms with Crippen molar-refractivity contribution in [2.45, 2.75) is 13.1 Å². The van der Waals surface area contributed by atoms with E-state index in [0.29, 0.717) is 12.3 Å². The van der Waals surface area contributed by atoms with Crippen LogP contribution in [0, 0.1) is 0 Å². The Morgan fingerprint density at radius 2 is 1.93 bits per heavy atom. The third-order valence-corrected chi connectivity index (χ3v) is 3.64. The van der Waals surface area contributed by atoms with E-state index in [1.54, 1.807) is 19.1 Å². The Hall–Kier alpha value is -3.49. The standard InChI is InChI=1S/C19H15F3N4O2/c1-2-24-17(27)16-18(28-14-6-8-23-9-7-14)26-15(11-25-16)12-4-3-5-13(10-12)19(20,21)22/h3-11H,2H2,1H3,(H,24,27). The first-order valence-corrected chi connectivity index (χ1v) is 8.29. The number of pyridine rings is 1. The van der Waals surface area contributed by atoms with E-state index in [1.165, 1.54) is 30.7 Å². The summed E-state index contributed by atoms with van der Waals surface area (Å²) in [7, 11) is 0. The minimum atomic E-state index is -4.49. The molecule has 0 bridgehead atoms. The third-order valence-electron chi connectivity index (χ3n) is 3.64. The maximum atomic E-state index is 13.0. The molecule has 0 fully saturated rings. The molecule has 1 aromatic carbocycles. The number of hydrogen-bond donors (Lipinski definition) is 1. The highest BCUT2D eigenvalue weighted by atomic mass is 19.4. The van der Waals surface area contributed by atoms with Gasteiger partial charge >= 0.3 is 6.18 Å². The molecule has 1 amide bonds. The Labute approximate surface area is 158 Å². The van der Waals surface area contributed by atoms with E-state index in [0.717, 1.165) is 12.1 Å². The Morgan fingerprint density at radius 3 is 2.61 bits per heavy atom. The van der Waals surface area contributed by atoms with Crippen LogP contribution in [0.1, 0.15) is 23.0 Å². The van der Waals surface area contributed by atoms with Gasteiger partial charge < -0.3 is 10.1 Å². The molecule has 2 heterocycles. The van der Waals surface area contributed by atoms with Crippen LogP contribution in [-0.4, -0.2) is 27.4 Å². The van der Waals surface area contributed by atoms with E-state index >= 15 is 0 Å². The van der Waals surface area contributed by atoms with E-state index in [9.17, 15) is 18.0 Å². The number of nitrogens with zero attached hydrogens (tertiary/aromatic N) is 3. The van der Waals surface area contributed by atoms with Crippen molar-refractivity contribution in [1.29, 1.82) is 0 Å². The van der Waals surface area contributed by atoms with E-state index in [1.807, 2.05) is 0 Å². The van der Waals surface area contributed by atoms with Crippen molar-refractivity contribution in [3.8, 4) is 22.9 Å². The van der Waals surface area contributed by atoms with Crippen LogP contribution in [0.15, 0.2) is 55.0 Å². The number of rotatable bonds is 5. The van der Waals surface area contributed by atoms with Crippen molar-refractivity contribution < 1.29 is 22.7 Å². The lowest BCUT2D eigenvalue weighted by Gasteiger charge is -2.12. The van der Waals surface area contributed by atoms with Crippen molar-refractivity contribution in [2.75, 3.05) is 6.54 Å². The lowest BCUT2D eigenvalue weighted by molar-refractivity contribution is -0.137. The second kappa shape index (κ2) is 8.03. The molecular formula is C19H15F3N4O2. The number of alkyl halides is 3. The van der Waals surface area contributed by atoms with Crippen molar-refractivity contribution in [3.63, 3.8) is 0 Å². The van der Waals surface area contributed by atoms with Gasteiger partial charge in [0.2, 0.25) is 0 Å². The Bertz CT molecular complexity index is 978. The number of carbonyl (C=O) groups is 1. The normalized spacial score (nSPS) is 11.1. The molecule has 2 aromatic heterocycles. The van der Waals surface area contributed by atoms with Crippen molar-refractivity contribution in [2.24, 2.45) is 0 Å². The molecule has 0 unspecified atom stereocenters. The van der Waals surface area contributed by atoms with Gasteiger partial charge in [0.05, 0.1) is 17.5 Å². The second-order valence-corrected chi connectivity index (χ2v) is 5.63. The SMILES string of the molecule is CCNC(=O)c1ncc(-c2cccc(C(F)(F)F)c2)nc1Oc1ccncc1. The minimum absolute atomic E-state index is 0.0746. The zero-order chi connectivity index (χ0) is 20.1. The predicted molar refractivity (Wildman–Crippen MR) is 94.8 cm³/mol. The van der Waals surface area contributed by atoms with Crippen LogP contribution >= 0.6 is 0 Å². The van der Waals surface area contributed by atoms with Crippen LogP contribution in [0.4, 0.5) is 13.2 Å². The molecule has 6 nitrogen and oxygen atoms in total. The molecule has 0 aliphatic carbocycles. The lowest BCUT2D eigenvalue weighted by Crippen LogP contribution is -2.24. The smallest absolute Gasteiger partial charge is 0.416 e. The number of aromatic nitrogens is 3.